The lowest BCUT2D eigenvalue weighted by atomic mass is 10.0. The molecule has 0 N–H and O–H groups in total. The van der Waals surface area contributed by atoms with Crippen molar-refractivity contribution in [1.82, 2.24) is 4.90 Å². The molecular formula is C20H20F3NO. The summed E-state index contributed by atoms with van der Waals surface area (Å²) in [5.41, 5.74) is 1.41. The van der Waals surface area contributed by atoms with Gasteiger partial charge in [-0.1, -0.05) is 37.1 Å². The zero-order valence-electron chi connectivity index (χ0n) is 14.0. The Morgan fingerprint density at radius 1 is 0.920 bits per heavy atom. The Morgan fingerprint density at radius 2 is 1.40 bits per heavy atom. The minimum atomic E-state index is -4.33. The monoisotopic (exact) mass is 347 g/mol. The molecule has 0 heterocycles. The molecule has 3 rings (SSSR count). The third-order valence-electron chi connectivity index (χ3n) is 4.87. The predicted octanol–water partition coefficient (Wildman–Crippen LogP) is 5.39. The van der Waals surface area contributed by atoms with Gasteiger partial charge in [0.25, 0.3) is 5.91 Å². The minimum absolute atomic E-state index is 0.00845. The fraction of sp³-hybridized carbons (Fsp3) is 0.350. The molecule has 0 spiro atoms. The predicted molar refractivity (Wildman–Crippen MR) is 91.2 cm³/mol. The van der Waals surface area contributed by atoms with E-state index in [1.807, 2.05) is 7.05 Å². The van der Waals surface area contributed by atoms with Gasteiger partial charge in [0.2, 0.25) is 0 Å². The highest BCUT2D eigenvalue weighted by atomic mass is 19.4. The summed E-state index contributed by atoms with van der Waals surface area (Å²) >= 11 is 0. The summed E-state index contributed by atoms with van der Waals surface area (Å²) in [5.74, 6) is -0.00845. The Hall–Kier alpha value is -2.30. The van der Waals surface area contributed by atoms with E-state index in [-0.39, 0.29) is 5.91 Å². The van der Waals surface area contributed by atoms with E-state index in [1.165, 1.54) is 12.1 Å². The lowest BCUT2D eigenvalue weighted by Crippen LogP contribution is -2.35. The Kier molecular flexibility index (Phi) is 4.84. The Labute approximate surface area is 145 Å². The van der Waals surface area contributed by atoms with Crippen molar-refractivity contribution in [3.63, 3.8) is 0 Å². The first kappa shape index (κ1) is 17.5. The van der Waals surface area contributed by atoms with Gasteiger partial charge in [0, 0.05) is 18.7 Å². The van der Waals surface area contributed by atoms with Crippen molar-refractivity contribution in [2.75, 3.05) is 7.05 Å². The zero-order valence-corrected chi connectivity index (χ0v) is 14.0. The number of carbonyl (C=O) groups excluding carboxylic acids is 1. The Morgan fingerprint density at radius 3 is 1.88 bits per heavy atom. The van der Waals surface area contributed by atoms with E-state index < -0.39 is 11.7 Å². The Balaban J connectivity index is 1.74. The first-order chi connectivity index (χ1) is 11.9. The zero-order chi connectivity index (χ0) is 18.0. The van der Waals surface area contributed by atoms with Crippen LogP contribution in [-0.2, 0) is 6.18 Å². The summed E-state index contributed by atoms with van der Waals surface area (Å²) < 4.78 is 37.9. The van der Waals surface area contributed by atoms with Crippen LogP contribution in [0.3, 0.4) is 0 Å². The summed E-state index contributed by atoms with van der Waals surface area (Å²) in [6, 6.07) is 12.4. The van der Waals surface area contributed by atoms with Crippen molar-refractivity contribution < 1.29 is 18.0 Å². The standard InChI is InChI=1S/C20H20F3NO/c1-24(18-4-2-3-5-18)19(25)16-8-6-14(7-9-16)15-10-12-17(13-11-15)20(21,22)23/h6-13,18H,2-5H2,1H3. The highest BCUT2D eigenvalue weighted by Crippen LogP contribution is 2.31. The average Bonchev–Trinajstić information content (AvgIpc) is 3.14. The summed E-state index contributed by atoms with van der Waals surface area (Å²) in [5, 5.41) is 0. The molecule has 1 fully saturated rings. The molecule has 1 aliphatic rings. The van der Waals surface area contributed by atoms with Gasteiger partial charge in [-0.25, -0.2) is 0 Å². The number of amides is 1. The highest BCUT2D eigenvalue weighted by Gasteiger charge is 2.30. The van der Waals surface area contributed by atoms with Gasteiger partial charge in [0.05, 0.1) is 5.56 Å². The molecule has 0 radical (unpaired) electrons. The average molecular weight is 347 g/mol. The van der Waals surface area contributed by atoms with Gasteiger partial charge in [-0.2, -0.15) is 13.2 Å². The van der Waals surface area contributed by atoms with E-state index in [0.29, 0.717) is 17.2 Å². The fourth-order valence-corrected chi connectivity index (χ4v) is 3.32. The fourth-order valence-electron chi connectivity index (χ4n) is 3.32. The van der Waals surface area contributed by atoms with Crippen LogP contribution in [0.4, 0.5) is 13.2 Å². The van der Waals surface area contributed by atoms with Crippen molar-refractivity contribution in [1.29, 1.82) is 0 Å². The molecule has 2 nitrogen and oxygen atoms in total. The molecule has 0 bridgehead atoms. The number of benzene rings is 2. The van der Waals surface area contributed by atoms with Crippen molar-refractivity contribution in [3.8, 4) is 11.1 Å². The van der Waals surface area contributed by atoms with E-state index in [2.05, 4.69) is 0 Å². The SMILES string of the molecule is CN(C(=O)c1ccc(-c2ccc(C(F)(F)F)cc2)cc1)C1CCCC1. The van der Waals surface area contributed by atoms with E-state index in [1.54, 1.807) is 29.2 Å². The van der Waals surface area contributed by atoms with Gasteiger partial charge >= 0.3 is 6.18 Å². The number of alkyl halides is 3. The van der Waals surface area contributed by atoms with Crippen molar-refractivity contribution in [3.05, 3.63) is 59.7 Å². The quantitative estimate of drug-likeness (QED) is 0.729. The van der Waals surface area contributed by atoms with E-state index in [9.17, 15) is 18.0 Å². The topological polar surface area (TPSA) is 20.3 Å². The minimum Gasteiger partial charge on any atom is -0.339 e. The summed E-state index contributed by atoms with van der Waals surface area (Å²) in [6.45, 7) is 0. The number of hydrogen-bond donors (Lipinski definition) is 0. The molecule has 132 valence electrons. The first-order valence-corrected chi connectivity index (χ1v) is 8.41. The van der Waals surface area contributed by atoms with Crippen LogP contribution in [0, 0.1) is 0 Å². The normalized spacial score (nSPS) is 15.4. The third-order valence-corrected chi connectivity index (χ3v) is 4.87. The van der Waals surface area contributed by atoms with Crippen molar-refractivity contribution in [2.24, 2.45) is 0 Å². The molecule has 0 aliphatic heterocycles. The van der Waals surface area contributed by atoms with Gasteiger partial charge in [-0.3, -0.25) is 4.79 Å². The number of nitrogens with zero attached hydrogens (tertiary/aromatic N) is 1. The van der Waals surface area contributed by atoms with Crippen LogP contribution >= 0.6 is 0 Å². The molecule has 0 unspecified atom stereocenters. The molecule has 2 aromatic rings. The van der Waals surface area contributed by atoms with Crippen LogP contribution < -0.4 is 0 Å². The summed E-state index contributed by atoms with van der Waals surface area (Å²) in [4.78, 5) is 14.3. The second-order valence-corrected chi connectivity index (χ2v) is 6.51. The van der Waals surface area contributed by atoms with Gasteiger partial charge in [-0.05, 0) is 48.2 Å². The largest absolute Gasteiger partial charge is 0.416 e. The number of hydrogen-bond acceptors (Lipinski definition) is 1. The molecular weight excluding hydrogens is 327 g/mol. The number of carbonyl (C=O) groups is 1. The maximum Gasteiger partial charge on any atom is 0.416 e. The van der Waals surface area contributed by atoms with Crippen molar-refractivity contribution in [2.45, 2.75) is 37.9 Å². The molecule has 5 heteroatoms. The van der Waals surface area contributed by atoms with Gasteiger partial charge in [0.15, 0.2) is 0 Å². The highest BCUT2D eigenvalue weighted by molar-refractivity contribution is 5.94. The molecule has 1 aliphatic carbocycles. The molecule has 0 aromatic heterocycles. The van der Waals surface area contributed by atoms with Crippen LogP contribution in [0.15, 0.2) is 48.5 Å². The van der Waals surface area contributed by atoms with Crippen LogP contribution in [-0.4, -0.2) is 23.9 Å². The lowest BCUT2D eigenvalue weighted by Gasteiger charge is -2.24. The van der Waals surface area contributed by atoms with Crippen LogP contribution in [0.1, 0.15) is 41.6 Å². The molecule has 1 amide bonds. The van der Waals surface area contributed by atoms with E-state index in [4.69, 9.17) is 0 Å². The third kappa shape index (κ3) is 3.86. The van der Waals surface area contributed by atoms with Crippen LogP contribution in [0.5, 0.6) is 0 Å². The van der Waals surface area contributed by atoms with Crippen molar-refractivity contribution >= 4 is 5.91 Å². The van der Waals surface area contributed by atoms with Gasteiger partial charge < -0.3 is 4.90 Å². The maximum atomic E-state index is 12.6. The molecule has 2 aromatic carbocycles. The molecule has 25 heavy (non-hydrogen) atoms. The summed E-state index contributed by atoms with van der Waals surface area (Å²) in [6.07, 6.45) is 0.0850. The number of halogens is 3. The van der Waals surface area contributed by atoms with E-state index in [0.717, 1.165) is 43.4 Å². The Bertz CT molecular complexity index is 729. The lowest BCUT2D eigenvalue weighted by molar-refractivity contribution is -0.137. The van der Waals surface area contributed by atoms with Crippen LogP contribution in [0.25, 0.3) is 11.1 Å². The molecule has 0 saturated heterocycles. The van der Waals surface area contributed by atoms with Gasteiger partial charge in [0.1, 0.15) is 0 Å². The first-order valence-electron chi connectivity index (χ1n) is 8.41. The second kappa shape index (κ2) is 6.90. The van der Waals surface area contributed by atoms with E-state index >= 15 is 0 Å². The van der Waals surface area contributed by atoms with Crippen LogP contribution in [0.2, 0.25) is 0 Å². The molecule has 1 saturated carbocycles. The second-order valence-electron chi connectivity index (χ2n) is 6.51. The summed E-state index contributed by atoms with van der Waals surface area (Å²) in [7, 11) is 1.84. The maximum absolute atomic E-state index is 12.6. The number of rotatable bonds is 3. The smallest absolute Gasteiger partial charge is 0.339 e. The van der Waals surface area contributed by atoms with Gasteiger partial charge in [-0.15, -0.1) is 0 Å². The molecule has 0 atom stereocenters.